The first-order valence-corrected chi connectivity index (χ1v) is 6.07. The second-order valence-corrected chi connectivity index (χ2v) is 4.62. The number of hydrogen-bond donors (Lipinski definition) is 1. The Hall–Kier alpha value is -1.55. The predicted molar refractivity (Wildman–Crippen MR) is 69.9 cm³/mol. The molecule has 2 rings (SSSR count). The summed E-state index contributed by atoms with van der Waals surface area (Å²) in [6.45, 7) is 0. The maximum absolute atomic E-state index is 11.8. The second kappa shape index (κ2) is 5.19. The van der Waals surface area contributed by atoms with Gasteiger partial charge >= 0.3 is 0 Å². The molecule has 1 heterocycles. The lowest BCUT2D eigenvalue weighted by Crippen LogP contribution is -2.00. The van der Waals surface area contributed by atoms with Crippen LogP contribution in [-0.2, 0) is 6.42 Å². The Morgan fingerprint density at radius 1 is 1.24 bits per heavy atom. The van der Waals surface area contributed by atoms with Crippen LogP contribution in [0.25, 0.3) is 0 Å². The molecule has 4 heteroatoms. The van der Waals surface area contributed by atoms with Crippen LogP contribution < -0.4 is 5.73 Å². The molecule has 0 fully saturated rings. The molecule has 2 N–H and O–H groups in total. The van der Waals surface area contributed by atoms with Crippen LogP contribution >= 0.6 is 15.9 Å². The number of nitrogen functional groups attached to an aromatic ring is 1. The monoisotopic (exact) mass is 293 g/mol. The van der Waals surface area contributed by atoms with Crippen molar-refractivity contribution in [2.24, 2.45) is 0 Å². The van der Waals surface area contributed by atoms with Gasteiger partial charge in [0.25, 0.3) is 0 Å². The van der Waals surface area contributed by atoms with E-state index in [2.05, 4.69) is 15.9 Å². The summed E-state index contributed by atoms with van der Waals surface area (Å²) in [7, 11) is 0. The van der Waals surface area contributed by atoms with Gasteiger partial charge in [-0.15, -0.1) is 0 Å². The third-order valence-electron chi connectivity index (χ3n) is 2.49. The zero-order valence-corrected chi connectivity index (χ0v) is 10.7. The summed E-state index contributed by atoms with van der Waals surface area (Å²) in [4.78, 5) is 11.8. The standard InChI is InChI=1S/C13H12BrNO2/c14-11-7-8-17-13(11)12(16)6-3-9-1-4-10(15)5-2-9/h1-2,4-5,7-8H,3,6,15H2. The van der Waals surface area contributed by atoms with E-state index in [0.717, 1.165) is 11.3 Å². The van der Waals surface area contributed by atoms with E-state index in [-0.39, 0.29) is 5.78 Å². The van der Waals surface area contributed by atoms with Crippen molar-refractivity contribution in [2.75, 3.05) is 5.73 Å². The van der Waals surface area contributed by atoms with Gasteiger partial charge in [0.15, 0.2) is 11.5 Å². The van der Waals surface area contributed by atoms with Gasteiger partial charge in [-0.2, -0.15) is 0 Å². The summed E-state index contributed by atoms with van der Waals surface area (Å²) in [5, 5.41) is 0. The summed E-state index contributed by atoms with van der Waals surface area (Å²) < 4.78 is 5.83. The fourth-order valence-corrected chi connectivity index (χ4v) is 1.97. The minimum Gasteiger partial charge on any atom is -0.460 e. The molecule has 0 aliphatic heterocycles. The summed E-state index contributed by atoms with van der Waals surface area (Å²) >= 11 is 3.27. The summed E-state index contributed by atoms with van der Waals surface area (Å²) in [5.41, 5.74) is 7.41. The number of furan rings is 1. The summed E-state index contributed by atoms with van der Waals surface area (Å²) in [6, 6.07) is 9.25. The average molecular weight is 294 g/mol. The fraction of sp³-hybridized carbons (Fsp3) is 0.154. The molecule has 0 aliphatic carbocycles. The van der Waals surface area contributed by atoms with Gasteiger partial charge in [0.1, 0.15) is 0 Å². The number of nitrogens with two attached hydrogens (primary N) is 1. The van der Waals surface area contributed by atoms with Crippen LogP contribution in [0.5, 0.6) is 0 Å². The van der Waals surface area contributed by atoms with Crippen molar-refractivity contribution in [3.8, 4) is 0 Å². The Bertz CT molecular complexity index is 516. The van der Waals surface area contributed by atoms with Gasteiger partial charge in [0, 0.05) is 12.1 Å². The number of hydrogen-bond acceptors (Lipinski definition) is 3. The highest BCUT2D eigenvalue weighted by molar-refractivity contribution is 9.10. The van der Waals surface area contributed by atoms with E-state index in [4.69, 9.17) is 10.2 Å². The molecule has 0 atom stereocenters. The molecule has 17 heavy (non-hydrogen) atoms. The van der Waals surface area contributed by atoms with Gasteiger partial charge < -0.3 is 10.2 Å². The number of halogens is 1. The first-order chi connectivity index (χ1) is 8.16. The van der Waals surface area contributed by atoms with Gasteiger partial charge in [-0.05, 0) is 46.1 Å². The topological polar surface area (TPSA) is 56.2 Å². The van der Waals surface area contributed by atoms with Crippen molar-refractivity contribution in [1.29, 1.82) is 0 Å². The zero-order valence-electron chi connectivity index (χ0n) is 9.15. The molecule has 0 saturated heterocycles. The van der Waals surface area contributed by atoms with E-state index in [0.29, 0.717) is 23.1 Å². The molecule has 0 radical (unpaired) electrons. The number of anilines is 1. The second-order valence-electron chi connectivity index (χ2n) is 3.76. The van der Waals surface area contributed by atoms with Crippen LogP contribution in [0.4, 0.5) is 5.69 Å². The van der Waals surface area contributed by atoms with Crippen molar-refractivity contribution in [1.82, 2.24) is 0 Å². The Labute approximate surface area is 108 Å². The average Bonchev–Trinajstić information content (AvgIpc) is 2.74. The Morgan fingerprint density at radius 3 is 2.53 bits per heavy atom. The summed E-state index contributed by atoms with van der Waals surface area (Å²) in [6.07, 6.45) is 2.61. The van der Waals surface area contributed by atoms with E-state index in [1.165, 1.54) is 6.26 Å². The normalized spacial score (nSPS) is 10.4. The van der Waals surface area contributed by atoms with E-state index in [1.54, 1.807) is 6.07 Å². The van der Waals surface area contributed by atoms with Crippen molar-refractivity contribution in [3.63, 3.8) is 0 Å². The molecule has 88 valence electrons. The SMILES string of the molecule is Nc1ccc(CCC(=O)c2occc2Br)cc1. The highest BCUT2D eigenvalue weighted by Gasteiger charge is 2.13. The number of aryl methyl sites for hydroxylation is 1. The smallest absolute Gasteiger partial charge is 0.199 e. The fourth-order valence-electron chi connectivity index (χ4n) is 1.55. The molecule has 0 aliphatic rings. The van der Waals surface area contributed by atoms with Crippen molar-refractivity contribution in [2.45, 2.75) is 12.8 Å². The van der Waals surface area contributed by atoms with E-state index in [1.807, 2.05) is 24.3 Å². The molecular formula is C13H12BrNO2. The van der Waals surface area contributed by atoms with E-state index in [9.17, 15) is 4.79 Å². The molecule has 0 unspecified atom stereocenters. The van der Waals surface area contributed by atoms with Gasteiger partial charge in [0.05, 0.1) is 10.7 Å². The highest BCUT2D eigenvalue weighted by atomic mass is 79.9. The Kier molecular flexibility index (Phi) is 3.64. The molecule has 3 nitrogen and oxygen atoms in total. The first kappa shape index (κ1) is 11.9. The molecule has 2 aromatic rings. The number of rotatable bonds is 4. The van der Waals surface area contributed by atoms with Crippen LogP contribution in [0, 0.1) is 0 Å². The minimum atomic E-state index is -0.00120. The molecule has 1 aromatic heterocycles. The van der Waals surface area contributed by atoms with Crippen LogP contribution in [0.2, 0.25) is 0 Å². The summed E-state index contributed by atoms with van der Waals surface area (Å²) in [5.74, 6) is 0.388. The first-order valence-electron chi connectivity index (χ1n) is 5.27. The van der Waals surface area contributed by atoms with Crippen LogP contribution in [0.1, 0.15) is 22.5 Å². The zero-order chi connectivity index (χ0) is 12.3. The number of Topliss-reactive ketones (excluding diaryl/α,β-unsaturated/α-hetero) is 1. The quantitative estimate of drug-likeness (QED) is 0.694. The molecule has 0 amide bonds. The van der Waals surface area contributed by atoms with Crippen molar-refractivity contribution in [3.05, 3.63) is 52.4 Å². The van der Waals surface area contributed by atoms with Gasteiger partial charge in [-0.3, -0.25) is 4.79 Å². The number of carbonyl (C=O) groups excluding carboxylic acids is 1. The predicted octanol–water partition coefficient (Wildman–Crippen LogP) is 3.44. The molecule has 0 bridgehead atoms. The minimum absolute atomic E-state index is 0.00120. The van der Waals surface area contributed by atoms with Crippen molar-refractivity contribution >= 4 is 27.4 Å². The lowest BCUT2D eigenvalue weighted by Gasteiger charge is -2.01. The maximum atomic E-state index is 11.8. The Morgan fingerprint density at radius 2 is 1.94 bits per heavy atom. The van der Waals surface area contributed by atoms with Gasteiger partial charge in [-0.1, -0.05) is 12.1 Å². The number of benzene rings is 1. The van der Waals surface area contributed by atoms with Crippen LogP contribution in [0.3, 0.4) is 0 Å². The molecule has 0 saturated carbocycles. The number of carbonyl (C=O) groups is 1. The Balaban J connectivity index is 1.97. The highest BCUT2D eigenvalue weighted by Crippen LogP contribution is 2.20. The van der Waals surface area contributed by atoms with E-state index >= 15 is 0 Å². The number of ketones is 1. The van der Waals surface area contributed by atoms with Gasteiger partial charge in [0.2, 0.25) is 0 Å². The van der Waals surface area contributed by atoms with E-state index < -0.39 is 0 Å². The molecule has 0 spiro atoms. The van der Waals surface area contributed by atoms with Crippen LogP contribution in [0.15, 0.2) is 45.5 Å². The lowest BCUT2D eigenvalue weighted by molar-refractivity contribution is 0.0955. The molecular weight excluding hydrogens is 282 g/mol. The third kappa shape index (κ3) is 2.97. The lowest BCUT2D eigenvalue weighted by atomic mass is 10.1. The third-order valence-corrected chi connectivity index (χ3v) is 3.12. The van der Waals surface area contributed by atoms with Gasteiger partial charge in [-0.25, -0.2) is 0 Å². The van der Waals surface area contributed by atoms with Crippen molar-refractivity contribution < 1.29 is 9.21 Å². The van der Waals surface area contributed by atoms with Crippen LogP contribution in [-0.4, -0.2) is 5.78 Å². The molecule has 1 aromatic carbocycles. The largest absolute Gasteiger partial charge is 0.460 e. The maximum Gasteiger partial charge on any atom is 0.199 e.